The number of carbonyl (C=O) groups excluding carboxylic acids is 3. The zero-order chi connectivity index (χ0) is 78.2. The van der Waals surface area contributed by atoms with E-state index in [1.807, 2.05) is 34.8 Å². The van der Waals surface area contributed by atoms with Crippen molar-refractivity contribution in [3.05, 3.63) is 293 Å². The molecule has 0 unspecified atom stereocenters. The maximum absolute atomic E-state index is 13.2. The Kier molecular flexibility index (Phi) is 34.3. The number of aliphatic hydroxyl groups excluding tert-OH is 3. The SMILES string of the molecule is CC(=O)C=C(C)O.CC(=O)C=C(C)O.CC(=O)C=C(C)O.Cc1[c-]c(-c2ccc3sc(-c4ccc(F)cc4)cc3n2)cc(C(C)(C)C)c1.Cc1[c-]c(-c2ccc3sc(-c4ccccc4)c(-c4ccccc4)c3n2)cc(C(C)(C)C)c1.Cc1[c-]c(-c2ccc3sc(-c4ccccc4)c(C)c3n2)cc(C(C)(C)C)c1.[Ir].[Ir].[Ir]. The fourth-order valence-corrected chi connectivity index (χ4v) is 14.8. The summed E-state index contributed by atoms with van der Waals surface area (Å²) in [5, 5.41) is 25.1. The number of aromatic nitrogens is 3. The molecule has 0 aliphatic carbocycles. The van der Waals surface area contributed by atoms with Crippen LogP contribution in [0.2, 0.25) is 0 Å². The number of hydrogen-bond donors (Lipinski definition) is 3. The first-order chi connectivity index (χ1) is 50.4. The Morgan fingerprint density at radius 3 is 1.08 bits per heavy atom. The Bertz CT molecular complexity index is 5310. The third-order valence-electron chi connectivity index (χ3n) is 16.6. The molecule has 0 spiro atoms. The summed E-state index contributed by atoms with van der Waals surface area (Å²) < 4.78 is 16.7. The van der Waals surface area contributed by atoms with Gasteiger partial charge in [0.2, 0.25) is 0 Å². The van der Waals surface area contributed by atoms with Crippen LogP contribution < -0.4 is 0 Å². The number of hydrogen-bond acceptors (Lipinski definition) is 12. The molecule has 577 valence electrons. The number of allylic oxidation sites excluding steroid dienone is 6. The van der Waals surface area contributed by atoms with E-state index in [9.17, 15) is 18.8 Å². The Morgan fingerprint density at radius 2 is 0.718 bits per heavy atom. The monoisotopic (exact) mass is 2060 g/mol. The molecule has 6 heterocycles. The minimum atomic E-state index is -0.218. The first kappa shape index (κ1) is 92.0. The van der Waals surface area contributed by atoms with Crippen LogP contribution in [0.1, 0.15) is 143 Å². The molecule has 7 aromatic carbocycles. The molecule has 0 saturated heterocycles. The molecule has 3 radical (unpaired) electrons. The number of benzene rings is 7. The molecule has 13 rings (SSSR count). The Labute approximate surface area is 701 Å². The van der Waals surface area contributed by atoms with E-state index < -0.39 is 0 Å². The fourth-order valence-electron chi connectivity index (χ4n) is 11.5. The van der Waals surface area contributed by atoms with Gasteiger partial charge >= 0.3 is 0 Å². The molecule has 6 aromatic heterocycles. The van der Waals surface area contributed by atoms with Gasteiger partial charge in [-0.15, -0.1) is 139 Å². The molecule has 110 heavy (non-hydrogen) atoms. The summed E-state index contributed by atoms with van der Waals surface area (Å²) in [6.07, 6.45) is 3.50. The smallest absolute Gasteiger partial charge is 0.155 e. The molecule has 9 nitrogen and oxygen atoms in total. The summed E-state index contributed by atoms with van der Waals surface area (Å²) in [6, 6.07) is 77.2. The Balaban J connectivity index is 0.000000258. The molecule has 16 heteroatoms. The van der Waals surface area contributed by atoms with Gasteiger partial charge in [-0.25, -0.2) is 4.39 Å². The van der Waals surface area contributed by atoms with E-state index in [0.29, 0.717) is 0 Å². The second-order valence-corrected chi connectivity index (χ2v) is 32.8. The molecule has 0 aliphatic heterocycles. The van der Waals surface area contributed by atoms with E-state index in [1.54, 1.807) is 11.3 Å². The van der Waals surface area contributed by atoms with Gasteiger partial charge in [-0.05, 0) is 146 Å². The van der Waals surface area contributed by atoms with Crippen LogP contribution in [0, 0.1) is 51.7 Å². The summed E-state index contributed by atoms with van der Waals surface area (Å²) in [6.45, 7) is 37.2. The normalized spacial score (nSPS) is 11.4. The van der Waals surface area contributed by atoms with E-state index in [0.717, 1.165) is 82.2 Å². The minimum Gasteiger partial charge on any atom is -0.512 e. The number of ketones is 3. The van der Waals surface area contributed by atoms with Crippen LogP contribution in [0.25, 0.3) is 107 Å². The molecule has 0 amide bonds. The molecular formula is C94H95FIr3N3O6S3-3. The minimum absolute atomic E-state index is 0. The largest absolute Gasteiger partial charge is 0.512 e. The number of aliphatic hydroxyl groups is 3. The van der Waals surface area contributed by atoms with Gasteiger partial charge in [0.25, 0.3) is 0 Å². The summed E-state index contributed by atoms with van der Waals surface area (Å²) in [7, 11) is 0. The van der Waals surface area contributed by atoms with Crippen LogP contribution in [0.3, 0.4) is 0 Å². The number of rotatable bonds is 10. The van der Waals surface area contributed by atoms with Gasteiger partial charge in [0.1, 0.15) is 5.82 Å². The number of pyridine rings is 3. The van der Waals surface area contributed by atoms with Crippen molar-refractivity contribution in [2.75, 3.05) is 0 Å². The van der Waals surface area contributed by atoms with Gasteiger partial charge in [-0.2, -0.15) is 0 Å². The van der Waals surface area contributed by atoms with Crippen molar-refractivity contribution in [1.82, 2.24) is 15.0 Å². The van der Waals surface area contributed by atoms with Crippen molar-refractivity contribution in [2.24, 2.45) is 0 Å². The molecule has 0 bridgehead atoms. The van der Waals surface area contributed by atoms with Crippen molar-refractivity contribution in [3.63, 3.8) is 0 Å². The number of carbonyl (C=O) groups is 3. The van der Waals surface area contributed by atoms with Crippen molar-refractivity contribution >= 4 is 82.0 Å². The molecule has 0 aliphatic rings. The predicted molar refractivity (Wildman–Crippen MR) is 450 cm³/mol. The summed E-state index contributed by atoms with van der Waals surface area (Å²) >= 11 is 5.31. The van der Waals surface area contributed by atoms with Gasteiger partial charge in [-0.1, -0.05) is 204 Å². The first-order valence-electron chi connectivity index (χ1n) is 35.3. The van der Waals surface area contributed by atoms with E-state index in [2.05, 4.69) is 278 Å². The maximum Gasteiger partial charge on any atom is 0.155 e. The standard InChI is InChI=1S/C30H26NS.C25H24NS.C24H21FNS.3C5H8O2.3Ir/c1-20-17-23(19-24(18-20)30(2,3)4)25-15-16-26-28(31-25)27(21-11-7-5-8-12-21)29(32-26)22-13-9-6-10-14-22;1-16-13-19(15-20(14-16)25(3,4)5)21-11-12-22-23(26-21)17(2)24(27-22)18-9-7-6-8-10-18;1-15-11-17(13-18(12-15)24(2,3)4)20-9-10-22-21(26-20)14-23(27-22)16-5-7-19(25)8-6-16;3*1-4(6)3-5(2)7;;;/h5-16,18-19H,1-4H3;6-12,14-15H,1-5H3;5-10,12-14H,1-4H3;3*3,6H,1-2H3;;;/q3*-1;;;;;;. The van der Waals surface area contributed by atoms with Crippen molar-refractivity contribution in [2.45, 2.75) is 148 Å². The van der Waals surface area contributed by atoms with E-state index >= 15 is 0 Å². The second kappa shape index (κ2) is 41.1. The Hall–Kier alpha value is -8.62. The molecule has 0 fully saturated rings. The number of halogens is 1. The predicted octanol–water partition coefficient (Wildman–Crippen LogP) is 26.3. The number of thiophene rings is 3. The van der Waals surface area contributed by atoms with E-state index in [-0.39, 0.29) is 117 Å². The molecular weight excluding hydrogens is 1960 g/mol. The molecule has 0 atom stereocenters. The van der Waals surface area contributed by atoms with Gasteiger partial charge in [0.15, 0.2) is 17.3 Å². The van der Waals surface area contributed by atoms with Gasteiger partial charge in [-0.3, -0.25) is 29.3 Å². The molecule has 13 aromatic rings. The van der Waals surface area contributed by atoms with Gasteiger partial charge in [0, 0.05) is 98.7 Å². The van der Waals surface area contributed by atoms with Crippen LogP contribution >= 0.6 is 34.0 Å². The summed E-state index contributed by atoms with van der Waals surface area (Å²) in [5.41, 5.74) is 24.0. The average Bonchev–Trinajstić information content (AvgIpc) is 1.61. The summed E-state index contributed by atoms with van der Waals surface area (Å²) in [5.74, 6) is -0.405. The second-order valence-electron chi connectivity index (χ2n) is 29.6. The third-order valence-corrected chi connectivity index (χ3v) is 20.2. The number of fused-ring (bicyclic) bond motifs is 3. The Morgan fingerprint density at radius 1 is 0.382 bits per heavy atom. The van der Waals surface area contributed by atoms with E-state index in [4.69, 9.17) is 30.3 Å². The topological polar surface area (TPSA) is 151 Å². The average molecular weight is 2050 g/mol. The van der Waals surface area contributed by atoms with Crippen LogP contribution in [0.5, 0.6) is 0 Å². The quantitative estimate of drug-likeness (QED) is 0.0691. The van der Waals surface area contributed by atoms with Crippen molar-refractivity contribution < 1.29 is 94.4 Å². The number of aryl methyl sites for hydroxylation is 4. The summed E-state index contributed by atoms with van der Waals surface area (Å²) in [4.78, 5) is 48.8. The molecule has 3 N–H and O–H groups in total. The third kappa shape index (κ3) is 26.5. The van der Waals surface area contributed by atoms with Crippen LogP contribution in [-0.4, -0.2) is 47.6 Å². The zero-order valence-electron chi connectivity index (χ0n) is 65.7. The van der Waals surface area contributed by atoms with Crippen LogP contribution in [0.15, 0.2) is 230 Å². The van der Waals surface area contributed by atoms with Gasteiger partial charge in [0.05, 0.1) is 47.9 Å². The van der Waals surface area contributed by atoms with Crippen LogP contribution in [0.4, 0.5) is 4.39 Å². The zero-order valence-corrected chi connectivity index (χ0v) is 75.4. The van der Waals surface area contributed by atoms with E-state index in [1.165, 1.54) is 136 Å². The maximum atomic E-state index is 13.2. The van der Waals surface area contributed by atoms with Crippen molar-refractivity contribution in [1.29, 1.82) is 0 Å². The fraction of sp³-hybridized carbons (Fsp3) is 0.234. The first-order valence-corrected chi connectivity index (χ1v) is 37.8. The van der Waals surface area contributed by atoms with Crippen molar-refractivity contribution in [3.8, 4) is 76.2 Å². The number of nitrogens with zero attached hydrogens (tertiary/aromatic N) is 3. The van der Waals surface area contributed by atoms with Crippen LogP contribution in [-0.2, 0) is 90.9 Å². The molecule has 0 saturated carbocycles. The van der Waals surface area contributed by atoms with Gasteiger partial charge < -0.3 is 15.3 Å².